The van der Waals surface area contributed by atoms with Crippen LogP contribution in [0.5, 0.6) is 5.75 Å². The summed E-state index contributed by atoms with van der Waals surface area (Å²) in [7, 11) is 0. The lowest BCUT2D eigenvalue weighted by Gasteiger charge is -2.38. The minimum absolute atomic E-state index is 0.311. The zero-order chi connectivity index (χ0) is 16.7. The molecule has 5 atom stereocenters. The summed E-state index contributed by atoms with van der Waals surface area (Å²) in [5, 5.41) is 30.2. The first-order valence-corrected chi connectivity index (χ1v) is 7.27. The van der Waals surface area contributed by atoms with Crippen LogP contribution in [0, 0.1) is 6.92 Å². The van der Waals surface area contributed by atoms with Gasteiger partial charge in [0.25, 0.3) is 0 Å². The van der Waals surface area contributed by atoms with Gasteiger partial charge in [-0.3, -0.25) is 0 Å². The van der Waals surface area contributed by atoms with Gasteiger partial charge in [0.1, 0.15) is 29.6 Å². The third-order valence-corrected chi connectivity index (χ3v) is 3.98. The van der Waals surface area contributed by atoms with Crippen molar-refractivity contribution in [2.24, 2.45) is 0 Å². The molecule has 0 saturated carbocycles. The molecule has 0 radical (unpaired) electrons. The standard InChI is InChI=1S/C16H18O7/c1-7-5-12(17)23-11-6-9(3-4-10(7)11)22-16-15(20)14(19)13(18)8(2)21-16/h3-6,8,13-16,18-20H,1-2H3/t8-,13+,14+,15+,16+/m1/s1. The van der Waals surface area contributed by atoms with Crippen molar-refractivity contribution < 1.29 is 29.2 Å². The molecule has 3 rings (SSSR count). The number of hydrogen-bond donors (Lipinski definition) is 3. The fraction of sp³-hybridized carbons (Fsp3) is 0.438. The van der Waals surface area contributed by atoms with Gasteiger partial charge in [0.15, 0.2) is 0 Å². The first kappa shape index (κ1) is 15.9. The molecular formula is C16H18O7. The number of aliphatic hydroxyl groups is 3. The van der Waals surface area contributed by atoms with Crippen molar-refractivity contribution in [3.05, 3.63) is 40.2 Å². The summed E-state index contributed by atoms with van der Waals surface area (Å²) < 4.78 is 16.0. The Hall–Kier alpha value is -1.93. The SMILES string of the molecule is Cc1cc(=O)oc2cc(O[C@@H]3O[C@H](C)[C@H](O)[C@H](O)[C@@H]3O)ccc12. The normalized spacial score (nSPS) is 31.3. The smallest absolute Gasteiger partial charge is 0.336 e. The minimum Gasteiger partial charge on any atom is -0.462 e. The van der Waals surface area contributed by atoms with Crippen LogP contribution in [0.25, 0.3) is 11.0 Å². The van der Waals surface area contributed by atoms with E-state index in [0.717, 1.165) is 10.9 Å². The highest BCUT2D eigenvalue weighted by Gasteiger charge is 2.43. The summed E-state index contributed by atoms with van der Waals surface area (Å²) in [6.07, 6.45) is -5.80. The second-order valence-electron chi connectivity index (χ2n) is 5.71. The van der Waals surface area contributed by atoms with E-state index in [1.54, 1.807) is 26.0 Å². The zero-order valence-electron chi connectivity index (χ0n) is 12.7. The molecule has 7 heteroatoms. The number of ether oxygens (including phenoxy) is 2. The maximum atomic E-state index is 11.4. The number of fused-ring (bicyclic) bond motifs is 1. The van der Waals surface area contributed by atoms with Crippen molar-refractivity contribution in [3.8, 4) is 5.75 Å². The second-order valence-corrected chi connectivity index (χ2v) is 5.71. The van der Waals surface area contributed by atoms with Crippen LogP contribution in [0.15, 0.2) is 33.5 Å². The number of rotatable bonds is 2. The quantitative estimate of drug-likeness (QED) is 0.683. The Bertz CT molecular complexity index is 769. The van der Waals surface area contributed by atoms with Crippen molar-refractivity contribution in [2.75, 3.05) is 0 Å². The largest absolute Gasteiger partial charge is 0.462 e. The molecule has 1 aliphatic heterocycles. The lowest BCUT2D eigenvalue weighted by Crippen LogP contribution is -2.58. The van der Waals surface area contributed by atoms with E-state index in [9.17, 15) is 20.1 Å². The van der Waals surface area contributed by atoms with Gasteiger partial charge in [-0.15, -0.1) is 0 Å². The molecule has 1 saturated heterocycles. The van der Waals surface area contributed by atoms with Gasteiger partial charge in [-0.2, -0.15) is 0 Å². The van der Waals surface area contributed by atoms with E-state index in [2.05, 4.69) is 0 Å². The molecular weight excluding hydrogens is 304 g/mol. The topological polar surface area (TPSA) is 109 Å². The molecule has 0 amide bonds. The average Bonchev–Trinajstić information content (AvgIpc) is 2.50. The highest BCUT2D eigenvalue weighted by Crippen LogP contribution is 2.27. The Labute approximate surface area is 131 Å². The molecule has 124 valence electrons. The molecule has 0 bridgehead atoms. The summed E-state index contributed by atoms with van der Waals surface area (Å²) in [6, 6.07) is 6.29. The molecule has 0 unspecified atom stereocenters. The Morgan fingerprint density at radius 3 is 2.57 bits per heavy atom. The van der Waals surface area contributed by atoms with Gasteiger partial charge in [-0.05, 0) is 31.5 Å². The summed E-state index contributed by atoms with van der Waals surface area (Å²) in [4.78, 5) is 11.4. The second kappa shape index (κ2) is 5.93. The van der Waals surface area contributed by atoms with Crippen LogP contribution in [0.3, 0.4) is 0 Å². The maximum absolute atomic E-state index is 11.4. The van der Waals surface area contributed by atoms with Gasteiger partial charge < -0.3 is 29.2 Å². The van der Waals surface area contributed by atoms with Crippen LogP contribution in [0.2, 0.25) is 0 Å². The molecule has 1 fully saturated rings. The molecule has 1 aliphatic rings. The molecule has 7 nitrogen and oxygen atoms in total. The van der Waals surface area contributed by atoms with E-state index in [-0.39, 0.29) is 0 Å². The van der Waals surface area contributed by atoms with Gasteiger partial charge in [-0.25, -0.2) is 4.79 Å². The van der Waals surface area contributed by atoms with Gasteiger partial charge in [-0.1, -0.05) is 0 Å². The maximum Gasteiger partial charge on any atom is 0.336 e. The van der Waals surface area contributed by atoms with Crippen molar-refractivity contribution in [3.63, 3.8) is 0 Å². The van der Waals surface area contributed by atoms with Crippen LogP contribution in [-0.2, 0) is 4.74 Å². The summed E-state index contributed by atoms with van der Waals surface area (Å²) >= 11 is 0. The van der Waals surface area contributed by atoms with E-state index in [4.69, 9.17) is 13.9 Å². The highest BCUT2D eigenvalue weighted by molar-refractivity contribution is 5.81. The van der Waals surface area contributed by atoms with Crippen molar-refractivity contribution in [2.45, 2.75) is 44.6 Å². The predicted molar refractivity (Wildman–Crippen MR) is 80.2 cm³/mol. The first-order valence-electron chi connectivity index (χ1n) is 7.27. The molecule has 2 aromatic rings. The average molecular weight is 322 g/mol. The third-order valence-electron chi connectivity index (χ3n) is 3.98. The van der Waals surface area contributed by atoms with Crippen LogP contribution < -0.4 is 10.4 Å². The molecule has 1 aromatic heterocycles. The van der Waals surface area contributed by atoms with E-state index >= 15 is 0 Å². The zero-order valence-corrected chi connectivity index (χ0v) is 12.7. The van der Waals surface area contributed by atoms with Crippen LogP contribution >= 0.6 is 0 Å². The van der Waals surface area contributed by atoms with Crippen LogP contribution in [0.4, 0.5) is 0 Å². The number of hydrogen-bond acceptors (Lipinski definition) is 7. The number of aliphatic hydroxyl groups excluding tert-OH is 3. The molecule has 0 spiro atoms. The van der Waals surface area contributed by atoms with Gasteiger partial charge >= 0.3 is 5.63 Å². The van der Waals surface area contributed by atoms with Gasteiger partial charge in [0, 0.05) is 17.5 Å². The van der Waals surface area contributed by atoms with Crippen molar-refractivity contribution in [1.82, 2.24) is 0 Å². The van der Waals surface area contributed by atoms with E-state index in [1.807, 2.05) is 0 Å². The lowest BCUT2D eigenvalue weighted by molar-refractivity contribution is -0.268. The lowest BCUT2D eigenvalue weighted by atomic mass is 10.00. The van der Waals surface area contributed by atoms with Gasteiger partial charge in [0.2, 0.25) is 6.29 Å². The molecule has 0 aliphatic carbocycles. The third kappa shape index (κ3) is 2.96. The Morgan fingerprint density at radius 1 is 1.09 bits per heavy atom. The van der Waals surface area contributed by atoms with E-state index < -0.39 is 36.3 Å². The van der Waals surface area contributed by atoms with Crippen LogP contribution in [-0.4, -0.2) is 46.0 Å². The predicted octanol–water partition coefficient (Wildman–Crippen LogP) is 0.308. The fourth-order valence-corrected chi connectivity index (χ4v) is 2.62. The van der Waals surface area contributed by atoms with E-state index in [0.29, 0.717) is 11.3 Å². The fourth-order valence-electron chi connectivity index (χ4n) is 2.62. The summed E-state index contributed by atoms with van der Waals surface area (Å²) in [6.45, 7) is 3.37. The number of benzene rings is 1. The van der Waals surface area contributed by atoms with Crippen molar-refractivity contribution in [1.29, 1.82) is 0 Å². The summed E-state index contributed by atoms with van der Waals surface area (Å²) in [5.41, 5.74) is 0.670. The molecule has 1 aromatic carbocycles. The molecule has 3 N–H and O–H groups in total. The Morgan fingerprint density at radius 2 is 1.83 bits per heavy atom. The van der Waals surface area contributed by atoms with Gasteiger partial charge in [0.05, 0.1) is 6.10 Å². The minimum atomic E-state index is -1.40. The first-order chi connectivity index (χ1) is 10.9. The highest BCUT2D eigenvalue weighted by atomic mass is 16.7. The number of aryl methyl sites for hydroxylation is 1. The summed E-state index contributed by atoms with van der Waals surface area (Å²) in [5.74, 6) is 0.311. The Kier molecular flexibility index (Phi) is 4.11. The van der Waals surface area contributed by atoms with Crippen molar-refractivity contribution >= 4 is 11.0 Å². The van der Waals surface area contributed by atoms with Crippen LogP contribution in [0.1, 0.15) is 12.5 Å². The molecule has 2 heterocycles. The monoisotopic (exact) mass is 322 g/mol. The van der Waals surface area contributed by atoms with E-state index in [1.165, 1.54) is 12.1 Å². The molecule has 23 heavy (non-hydrogen) atoms. The Balaban J connectivity index is 1.88.